The molecule has 0 spiro atoms. The lowest BCUT2D eigenvalue weighted by Gasteiger charge is -2.20. The van der Waals surface area contributed by atoms with Crippen LogP contribution in [0.2, 0.25) is 0 Å². The second-order valence-electron chi connectivity index (χ2n) is 5.76. The van der Waals surface area contributed by atoms with Crippen LogP contribution in [0, 0.1) is 6.92 Å². The van der Waals surface area contributed by atoms with Gasteiger partial charge in [-0.15, -0.1) is 0 Å². The summed E-state index contributed by atoms with van der Waals surface area (Å²) in [5.74, 6) is 0.0329. The van der Waals surface area contributed by atoms with Crippen LogP contribution in [-0.4, -0.2) is 24.8 Å². The zero-order chi connectivity index (χ0) is 15.2. The summed E-state index contributed by atoms with van der Waals surface area (Å²) in [4.78, 5) is 16.6. The highest BCUT2D eigenvalue weighted by molar-refractivity contribution is 5.66. The van der Waals surface area contributed by atoms with E-state index in [1.165, 1.54) is 5.56 Å². The average molecular weight is 280 g/mol. The van der Waals surface area contributed by atoms with Gasteiger partial charge in [0.15, 0.2) is 0 Å². The highest BCUT2D eigenvalue weighted by Crippen LogP contribution is 2.15. The van der Waals surface area contributed by atoms with Crippen LogP contribution in [-0.2, 0) is 9.57 Å². The fourth-order valence-electron chi connectivity index (χ4n) is 1.64. The fraction of sp³-hybridized carbons (Fsp3) is 0.533. The fourth-order valence-corrected chi connectivity index (χ4v) is 1.64. The maximum absolute atomic E-state index is 11.4. The molecule has 0 saturated carbocycles. The number of benzene rings is 1. The third-order valence-electron chi connectivity index (χ3n) is 2.67. The van der Waals surface area contributed by atoms with Crippen molar-refractivity contribution in [2.45, 2.75) is 39.2 Å². The van der Waals surface area contributed by atoms with E-state index in [2.05, 4.69) is 5.48 Å². The minimum Gasteiger partial charge on any atom is -0.442 e. The third kappa shape index (κ3) is 6.04. The molecule has 0 aliphatic heterocycles. The molecule has 0 saturated heterocycles. The first-order valence-corrected chi connectivity index (χ1v) is 6.69. The van der Waals surface area contributed by atoms with Gasteiger partial charge in [-0.25, -0.2) is 4.79 Å². The summed E-state index contributed by atoms with van der Waals surface area (Å²) in [6, 6.07) is 8.09. The number of nitrogens with one attached hydrogen (secondary N) is 1. The Balaban J connectivity index is 2.42. The predicted molar refractivity (Wildman–Crippen MR) is 78.3 cm³/mol. The molecule has 0 radical (unpaired) electrons. The molecule has 20 heavy (non-hydrogen) atoms. The molecule has 1 unspecified atom stereocenters. The minimum absolute atomic E-state index is 0.0329. The van der Waals surface area contributed by atoms with Crippen LogP contribution in [0.4, 0.5) is 4.79 Å². The van der Waals surface area contributed by atoms with Gasteiger partial charge in [-0.1, -0.05) is 29.8 Å². The number of hydrogen-bond donors (Lipinski definition) is 2. The van der Waals surface area contributed by atoms with Crippen molar-refractivity contribution in [1.82, 2.24) is 5.48 Å². The van der Waals surface area contributed by atoms with Crippen molar-refractivity contribution in [3.05, 3.63) is 35.4 Å². The van der Waals surface area contributed by atoms with Gasteiger partial charge in [0.2, 0.25) is 0 Å². The molecule has 112 valence electrons. The van der Waals surface area contributed by atoms with Crippen LogP contribution in [0.1, 0.15) is 37.8 Å². The normalized spacial score (nSPS) is 12.8. The standard InChI is InChI=1S/C15H24N2O3/c1-11-5-7-12(8-6-11)13(9-16)10-19-17-14(18)20-15(2,3)4/h5-8,13H,9-10,16H2,1-4H3,(H,17,18). The summed E-state index contributed by atoms with van der Waals surface area (Å²) in [6.07, 6.45) is -0.600. The molecule has 0 bridgehead atoms. The number of hydrogen-bond acceptors (Lipinski definition) is 4. The van der Waals surface area contributed by atoms with Crippen molar-refractivity contribution < 1.29 is 14.4 Å². The number of carbonyl (C=O) groups excluding carboxylic acids is 1. The Morgan fingerprint density at radius 2 is 1.90 bits per heavy atom. The highest BCUT2D eigenvalue weighted by atomic mass is 16.7. The lowest BCUT2D eigenvalue weighted by molar-refractivity contribution is -0.0111. The minimum atomic E-state index is -0.600. The van der Waals surface area contributed by atoms with Crippen molar-refractivity contribution in [2.24, 2.45) is 5.73 Å². The molecule has 1 amide bonds. The molecule has 5 nitrogen and oxygen atoms in total. The number of carbonyl (C=O) groups is 1. The van der Waals surface area contributed by atoms with Gasteiger partial charge in [-0.05, 0) is 33.3 Å². The molecule has 0 fully saturated rings. The smallest absolute Gasteiger partial charge is 0.431 e. The number of amides is 1. The summed E-state index contributed by atoms with van der Waals surface area (Å²) in [7, 11) is 0. The lowest BCUT2D eigenvalue weighted by atomic mass is 9.99. The second-order valence-corrected chi connectivity index (χ2v) is 5.76. The Bertz CT molecular complexity index is 424. The maximum atomic E-state index is 11.4. The zero-order valence-corrected chi connectivity index (χ0v) is 12.6. The summed E-state index contributed by atoms with van der Waals surface area (Å²) in [5, 5.41) is 0. The number of hydroxylamine groups is 1. The monoisotopic (exact) mass is 280 g/mol. The highest BCUT2D eigenvalue weighted by Gasteiger charge is 2.17. The second kappa shape index (κ2) is 7.26. The van der Waals surface area contributed by atoms with E-state index in [1.54, 1.807) is 20.8 Å². The largest absolute Gasteiger partial charge is 0.442 e. The first-order chi connectivity index (χ1) is 9.31. The number of ether oxygens (including phenoxy) is 1. The first kappa shape index (κ1) is 16.5. The van der Waals surface area contributed by atoms with Gasteiger partial charge in [-0.2, -0.15) is 5.48 Å². The van der Waals surface area contributed by atoms with Gasteiger partial charge in [0.1, 0.15) is 5.60 Å². The van der Waals surface area contributed by atoms with Crippen LogP contribution in [0.25, 0.3) is 0 Å². The summed E-state index contributed by atoms with van der Waals surface area (Å²) >= 11 is 0. The molecule has 0 aliphatic carbocycles. The van der Waals surface area contributed by atoms with E-state index in [1.807, 2.05) is 31.2 Å². The third-order valence-corrected chi connectivity index (χ3v) is 2.67. The van der Waals surface area contributed by atoms with Crippen LogP contribution >= 0.6 is 0 Å². The maximum Gasteiger partial charge on any atom is 0.431 e. The molecule has 0 aliphatic rings. The molecule has 0 aromatic heterocycles. The van der Waals surface area contributed by atoms with Gasteiger partial charge in [0.25, 0.3) is 0 Å². The van der Waals surface area contributed by atoms with Gasteiger partial charge in [0.05, 0.1) is 6.61 Å². The Labute approximate surface area is 120 Å². The number of aryl methyl sites for hydroxylation is 1. The number of nitrogens with two attached hydrogens (primary N) is 1. The van der Waals surface area contributed by atoms with E-state index in [-0.39, 0.29) is 5.92 Å². The van der Waals surface area contributed by atoms with Gasteiger partial charge >= 0.3 is 6.09 Å². The summed E-state index contributed by atoms with van der Waals surface area (Å²) in [6.45, 7) is 8.16. The molecule has 1 aromatic rings. The first-order valence-electron chi connectivity index (χ1n) is 6.69. The van der Waals surface area contributed by atoms with E-state index in [0.29, 0.717) is 13.2 Å². The quantitative estimate of drug-likeness (QED) is 0.813. The zero-order valence-electron chi connectivity index (χ0n) is 12.6. The van der Waals surface area contributed by atoms with Crippen molar-refractivity contribution in [3.8, 4) is 0 Å². The molecule has 1 rings (SSSR count). The summed E-state index contributed by atoms with van der Waals surface area (Å²) < 4.78 is 5.07. The van der Waals surface area contributed by atoms with Gasteiger partial charge in [-0.3, -0.25) is 4.84 Å². The molecular weight excluding hydrogens is 256 g/mol. The Morgan fingerprint density at radius 1 is 1.30 bits per heavy atom. The summed E-state index contributed by atoms with van der Waals surface area (Å²) in [5.41, 5.74) is 9.74. The van der Waals surface area contributed by atoms with Gasteiger partial charge < -0.3 is 10.5 Å². The SMILES string of the molecule is Cc1ccc(C(CN)CONC(=O)OC(C)(C)C)cc1. The van der Waals surface area contributed by atoms with Crippen molar-refractivity contribution in [3.63, 3.8) is 0 Å². The molecule has 1 aromatic carbocycles. The van der Waals surface area contributed by atoms with Crippen molar-refractivity contribution in [2.75, 3.05) is 13.2 Å². The Morgan fingerprint density at radius 3 is 2.40 bits per heavy atom. The molecule has 5 heteroatoms. The van der Waals surface area contributed by atoms with E-state index in [4.69, 9.17) is 15.3 Å². The Kier molecular flexibility index (Phi) is 5.98. The van der Waals surface area contributed by atoms with Crippen LogP contribution in [0.5, 0.6) is 0 Å². The number of rotatable bonds is 5. The molecule has 1 atom stereocenters. The van der Waals surface area contributed by atoms with Crippen molar-refractivity contribution >= 4 is 6.09 Å². The topological polar surface area (TPSA) is 73.6 Å². The van der Waals surface area contributed by atoms with E-state index >= 15 is 0 Å². The lowest BCUT2D eigenvalue weighted by Crippen LogP contribution is -2.34. The average Bonchev–Trinajstić information content (AvgIpc) is 2.34. The van der Waals surface area contributed by atoms with Crippen LogP contribution in [0.3, 0.4) is 0 Å². The van der Waals surface area contributed by atoms with E-state index in [9.17, 15) is 4.79 Å². The van der Waals surface area contributed by atoms with Crippen molar-refractivity contribution in [1.29, 1.82) is 0 Å². The van der Waals surface area contributed by atoms with E-state index in [0.717, 1.165) is 5.56 Å². The Hall–Kier alpha value is -1.59. The van der Waals surface area contributed by atoms with Crippen LogP contribution < -0.4 is 11.2 Å². The molecular formula is C15H24N2O3. The predicted octanol–water partition coefficient (Wildman–Crippen LogP) is 2.49. The van der Waals surface area contributed by atoms with Crippen LogP contribution in [0.15, 0.2) is 24.3 Å². The molecule has 3 N–H and O–H groups in total. The van der Waals surface area contributed by atoms with E-state index < -0.39 is 11.7 Å². The molecule has 0 heterocycles. The van der Waals surface area contributed by atoms with Gasteiger partial charge in [0, 0.05) is 12.5 Å².